The Morgan fingerprint density at radius 3 is 2.38 bits per heavy atom. The van der Waals surface area contributed by atoms with Gasteiger partial charge < -0.3 is 0 Å². The predicted molar refractivity (Wildman–Crippen MR) is 63.9 cm³/mol. The standard InChI is InChI=1S/C12H17O3S/c1-9(16(13,14)15)10-6-5-7-11(8-10)12(2,3)4/h5-6,8-9H,1-4H3,(H,13,14,15). The van der Waals surface area contributed by atoms with E-state index in [1.807, 2.05) is 20.8 Å². The van der Waals surface area contributed by atoms with Gasteiger partial charge in [-0.25, -0.2) is 0 Å². The van der Waals surface area contributed by atoms with E-state index in [4.69, 9.17) is 4.55 Å². The average Bonchev–Trinajstić information content (AvgIpc) is 2.14. The van der Waals surface area contributed by atoms with Crippen molar-refractivity contribution in [2.45, 2.75) is 38.4 Å². The third kappa shape index (κ3) is 3.06. The van der Waals surface area contributed by atoms with E-state index in [0.717, 1.165) is 5.56 Å². The second-order valence-electron chi connectivity index (χ2n) is 4.94. The van der Waals surface area contributed by atoms with Crippen LogP contribution in [0.4, 0.5) is 0 Å². The molecule has 0 aliphatic carbocycles. The first-order valence-electron chi connectivity index (χ1n) is 5.11. The van der Waals surface area contributed by atoms with Crippen molar-refractivity contribution < 1.29 is 13.0 Å². The minimum Gasteiger partial charge on any atom is -0.285 e. The molecule has 1 aromatic carbocycles. The molecule has 1 radical (unpaired) electrons. The molecule has 0 spiro atoms. The molecule has 0 aliphatic rings. The topological polar surface area (TPSA) is 54.4 Å². The van der Waals surface area contributed by atoms with Gasteiger partial charge >= 0.3 is 0 Å². The van der Waals surface area contributed by atoms with Crippen LogP contribution in [0.5, 0.6) is 0 Å². The van der Waals surface area contributed by atoms with Crippen molar-refractivity contribution in [2.24, 2.45) is 0 Å². The quantitative estimate of drug-likeness (QED) is 0.810. The van der Waals surface area contributed by atoms with Gasteiger partial charge in [-0.1, -0.05) is 39.0 Å². The fraction of sp³-hybridized carbons (Fsp3) is 0.500. The van der Waals surface area contributed by atoms with Gasteiger partial charge in [0.1, 0.15) is 5.25 Å². The van der Waals surface area contributed by atoms with Crippen LogP contribution in [0, 0.1) is 6.07 Å². The van der Waals surface area contributed by atoms with E-state index in [-0.39, 0.29) is 5.41 Å². The third-order valence-corrected chi connectivity index (χ3v) is 3.72. The van der Waals surface area contributed by atoms with E-state index < -0.39 is 15.4 Å². The van der Waals surface area contributed by atoms with Gasteiger partial charge in [-0.3, -0.25) is 4.55 Å². The van der Waals surface area contributed by atoms with Gasteiger partial charge in [0.25, 0.3) is 10.1 Å². The summed E-state index contributed by atoms with van der Waals surface area (Å²) in [4.78, 5) is 0. The monoisotopic (exact) mass is 241 g/mol. The SMILES string of the molecule is CC(c1cc[c]c(C(C)(C)C)c1)S(=O)(=O)O. The van der Waals surface area contributed by atoms with Crippen molar-refractivity contribution in [1.29, 1.82) is 0 Å². The van der Waals surface area contributed by atoms with Gasteiger partial charge in [0.2, 0.25) is 0 Å². The van der Waals surface area contributed by atoms with E-state index in [9.17, 15) is 8.42 Å². The lowest BCUT2D eigenvalue weighted by molar-refractivity contribution is 0.472. The Balaban J connectivity index is 3.19. The van der Waals surface area contributed by atoms with Crippen LogP contribution >= 0.6 is 0 Å². The maximum Gasteiger partial charge on any atom is 0.271 e. The van der Waals surface area contributed by atoms with Gasteiger partial charge in [0, 0.05) is 0 Å². The predicted octanol–water partition coefficient (Wildman–Crippen LogP) is 2.73. The Morgan fingerprint density at radius 1 is 1.38 bits per heavy atom. The molecule has 4 heteroatoms. The summed E-state index contributed by atoms with van der Waals surface area (Å²) < 4.78 is 31.1. The van der Waals surface area contributed by atoms with Crippen LogP contribution in [-0.2, 0) is 15.5 Å². The summed E-state index contributed by atoms with van der Waals surface area (Å²) in [7, 11) is -4.03. The molecule has 1 atom stereocenters. The second-order valence-corrected chi connectivity index (χ2v) is 6.68. The minimum absolute atomic E-state index is 0.0883. The van der Waals surface area contributed by atoms with Crippen LogP contribution in [0.3, 0.4) is 0 Å². The molecule has 0 aromatic heterocycles. The Morgan fingerprint density at radius 2 is 1.94 bits per heavy atom. The van der Waals surface area contributed by atoms with E-state index in [0.29, 0.717) is 5.56 Å². The summed E-state index contributed by atoms with van der Waals surface area (Å²) in [5, 5.41) is -0.900. The Kier molecular flexibility index (Phi) is 3.45. The highest BCUT2D eigenvalue weighted by Gasteiger charge is 2.21. The van der Waals surface area contributed by atoms with Gasteiger partial charge in [0.05, 0.1) is 0 Å². The molecule has 16 heavy (non-hydrogen) atoms. The largest absolute Gasteiger partial charge is 0.285 e. The first-order valence-corrected chi connectivity index (χ1v) is 6.61. The van der Waals surface area contributed by atoms with Crippen LogP contribution in [0.1, 0.15) is 44.1 Å². The van der Waals surface area contributed by atoms with Crippen molar-refractivity contribution >= 4 is 10.1 Å². The highest BCUT2D eigenvalue weighted by molar-refractivity contribution is 7.86. The molecule has 1 aromatic rings. The van der Waals surface area contributed by atoms with Crippen LogP contribution in [0.2, 0.25) is 0 Å². The molecule has 1 unspecified atom stereocenters. The molecule has 3 nitrogen and oxygen atoms in total. The van der Waals surface area contributed by atoms with Gasteiger partial charge in [-0.05, 0) is 29.5 Å². The zero-order valence-electron chi connectivity index (χ0n) is 9.98. The van der Waals surface area contributed by atoms with Crippen molar-refractivity contribution in [3.63, 3.8) is 0 Å². The summed E-state index contributed by atoms with van der Waals surface area (Å²) in [6, 6.07) is 8.21. The Bertz CT molecular complexity index is 469. The summed E-state index contributed by atoms with van der Waals surface area (Å²) in [5.74, 6) is 0. The van der Waals surface area contributed by atoms with Crippen LogP contribution in [0.25, 0.3) is 0 Å². The number of benzene rings is 1. The normalized spacial score (nSPS) is 14.8. The molecule has 1 rings (SSSR count). The lowest BCUT2D eigenvalue weighted by atomic mass is 9.86. The number of rotatable bonds is 2. The van der Waals surface area contributed by atoms with Crippen molar-refractivity contribution in [3.8, 4) is 0 Å². The summed E-state index contributed by atoms with van der Waals surface area (Å²) in [6.07, 6.45) is 0. The van der Waals surface area contributed by atoms with Crippen LogP contribution in [0.15, 0.2) is 18.2 Å². The molecule has 89 valence electrons. The molecular weight excluding hydrogens is 224 g/mol. The average molecular weight is 241 g/mol. The maximum absolute atomic E-state index is 11.0. The summed E-state index contributed by atoms with van der Waals surface area (Å²) in [6.45, 7) is 7.55. The van der Waals surface area contributed by atoms with Crippen molar-refractivity contribution in [1.82, 2.24) is 0 Å². The van der Waals surface area contributed by atoms with Crippen LogP contribution < -0.4 is 0 Å². The van der Waals surface area contributed by atoms with E-state index in [1.165, 1.54) is 6.92 Å². The summed E-state index contributed by atoms with van der Waals surface area (Å²) >= 11 is 0. The molecule has 0 heterocycles. The second kappa shape index (κ2) is 4.18. The lowest BCUT2D eigenvalue weighted by Crippen LogP contribution is -2.14. The fourth-order valence-corrected chi connectivity index (χ4v) is 1.83. The van der Waals surface area contributed by atoms with Gasteiger partial charge in [-0.2, -0.15) is 8.42 Å². The minimum atomic E-state index is -4.03. The molecule has 0 bridgehead atoms. The molecule has 0 aliphatic heterocycles. The molecule has 0 saturated heterocycles. The number of hydrogen-bond acceptors (Lipinski definition) is 2. The fourth-order valence-electron chi connectivity index (χ4n) is 1.34. The molecular formula is C12H17O3S. The Hall–Kier alpha value is -0.870. The van der Waals surface area contributed by atoms with Gasteiger partial charge in [0.15, 0.2) is 0 Å². The Labute approximate surface area is 97.2 Å². The third-order valence-electron chi connectivity index (χ3n) is 2.55. The molecule has 1 N–H and O–H groups in total. The zero-order valence-corrected chi connectivity index (χ0v) is 10.8. The first kappa shape index (κ1) is 13.2. The number of hydrogen-bond donors (Lipinski definition) is 1. The molecule has 0 saturated carbocycles. The first-order chi connectivity index (χ1) is 7.12. The zero-order chi connectivity index (χ0) is 12.6. The molecule has 0 fully saturated rings. The van der Waals surface area contributed by atoms with E-state index >= 15 is 0 Å². The van der Waals surface area contributed by atoms with Crippen LogP contribution in [-0.4, -0.2) is 13.0 Å². The maximum atomic E-state index is 11.0. The molecule has 0 amide bonds. The highest BCUT2D eigenvalue weighted by Crippen LogP contribution is 2.27. The summed E-state index contributed by atoms with van der Waals surface area (Å²) in [5.41, 5.74) is 1.43. The van der Waals surface area contributed by atoms with Gasteiger partial charge in [-0.15, -0.1) is 0 Å². The van der Waals surface area contributed by atoms with Crippen molar-refractivity contribution in [3.05, 3.63) is 35.4 Å². The van der Waals surface area contributed by atoms with E-state index in [2.05, 4.69) is 6.07 Å². The highest BCUT2D eigenvalue weighted by atomic mass is 32.2. The van der Waals surface area contributed by atoms with Crippen molar-refractivity contribution in [2.75, 3.05) is 0 Å². The smallest absolute Gasteiger partial charge is 0.271 e. The van der Waals surface area contributed by atoms with E-state index in [1.54, 1.807) is 18.2 Å². The lowest BCUT2D eigenvalue weighted by Gasteiger charge is -2.20.